The lowest BCUT2D eigenvalue weighted by Gasteiger charge is -2.43. The number of carbonyl (C=O) groups is 1. The molecule has 9 heteroatoms. The summed E-state index contributed by atoms with van der Waals surface area (Å²) in [6, 6.07) is 5.44. The van der Waals surface area contributed by atoms with Crippen molar-refractivity contribution >= 4 is 11.8 Å². The standard InChI is InChI=1S/C21H32N4O5/c1-19(7-9-21(23,12-26)10-8-19)25-17(22)14-3-5-15-13(11-14)4-6-16(29-15)20(2,30-24)18(27)28/h3,5,11,16,26H,4,6-10,12,23-24H2,1-2H3,(H2,22,25)(H,27,28)/t16-,19-,20+,21-/m1/s1. The average molecular weight is 421 g/mol. The quantitative estimate of drug-likeness (QED) is 0.226. The second-order valence-electron chi connectivity index (χ2n) is 9.08. The first-order valence-corrected chi connectivity index (χ1v) is 10.2. The summed E-state index contributed by atoms with van der Waals surface area (Å²) in [5.41, 5.74) is 5.40. The summed E-state index contributed by atoms with van der Waals surface area (Å²) < 4.78 is 5.87. The zero-order chi connectivity index (χ0) is 22.2. The fourth-order valence-corrected chi connectivity index (χ4v) is 4.15. The number of nitrogens with two attached hydrogens (primary N) is 2. The molecule has 0 saturated heterocycles. The van der Waals surface area contributed by atoms with Crippen molar-refractivity contribution in [3.8, 4) is 5.75 Å². The van der Waals surface area contributed by atoms with E-state index in [2.05, 4.69) is 12.2 Å². The number of aliphatic carboxylic acids is 1. The van der Waals surface area contributed by atoms with Gasteiger partial charge in [-0.15, -0.1) is 0 Å². The Balaban J connectivity index is 1.69. The largest absolute Gasteiger partial charge is 0.486 e. The van der Waals surface area contributed by atoms with Crippen LogP contribution in [0.5, 0.6) is 5.75 Å². The van der Waals surface area contributed by atoms with Crippen molar-refractivity contribution in [2.75, 3.05) is 6.61 Å². The molecule has 2 atom stereocenters. The van der Waals surface area contributed by atoms with Crippen molar-refractivity contribution < 1.29 is 24.6 Å². The van der Waals surface area contributed by atoms with Crippen LogP contribution < -0.4 is 21.7 Å². The van der Waals surface area contributed by atoms with Gasteiger partial charge in [0, 0.05) is 16.6 Å². The molecular formula is C21H32N4O5. The van der Waals surface area contributed by atoms with Gasteiger partial charge >= 0.3 is 5.97 Å². The minimum absolute atomic E-state index is 0.0253. The third-order valence-corrected chi connectivity index (χ3v) is 6.67. The summed E-state index contributed by atoms with van der Waals surface area (Å²) in [6.07, 6.45) is 3.27. The van der Waals surface area contributed by atoms with Crippen LogP contribution in [0.3, 0.4) is 0 Å². The third kappa shape index (κ3) is 4.29. The molecule has 1 aliphatic carbocycles. The van der Waals surface area contributed by atoms with Gasteiger partial charge in [0.2, 0.25) is 5.60 Å². The van der Waals surface area contributed by atoms with Gasteiger partial charge in [0.15, 0.2) is 0 Å². The van der Waals surface area contributed by atoms with E-state index in [-0.39, 0.29) is 12.1 Å². The highest BCUT2D eigenvalue weighted by molar-refractivity contribution is 5.97. The Kier molecular flexibility index (Phi) is 6.10. The summed E-state index contributed by atoms with van der Waals surface area (Å²) in [5.74, 6) is 4.95. The van der Waals surface area contributed by atoms with Crippen molar-refractivity contribution in [2.45, 2.75) is 75.2 Å². The molecule has 1 aromatic rings. The van der Waals surface area contributed by atoms with Gasteiger partial charge in [-0.3, -0.25) is 10.2 Å². The number of carboxylic acids is 1. The number of hydrogen-bond acceptors (Lipinski definition) is 7. The van der Waals surface area contributed by atoms with Gasteiger partial charge in [-0.05, 0) is 76.1 Å². The number of aryl methyl sites for hydroxylation is 1. The number of carboxylic acid groups (broad SMARTS) is 1. The highest BCUT2D eigenvalue weighted by Gasteiger charge is 2.46. The van der Waals surface area contributed by atoms with Gasteiger partial charge in [-0.25, -0.2) is 10.7 Å². The number of nitrogens with one attached hydrogen (secondary N) is 2. The average Bonchev–Trinajstić information content (AvgIpc) is 2.74. The van der Waals surface area contributed by atoms with Crippen LogP contribution in [0.25, 0.3) is 0 Å². The van der Waals surface area contributed by atoms with Crippen molar-refractivity contribution in [2.24, 2.45) is 11.6 Å². The maximum absolute atomic E-state index is 11.5. The fraction of sp³-hybridized carbons (Fsp3) is 0.619. The van der Waals surface area contributed by atoms with E-state index in [9.17, 15) is 15.0 Å². The highest BCUT2D eigenvalue weighted by atomic mass is 16.7. The Labute approximate surface area is 176 Å². The van der Waals surface area contributed by atoms with Crippen molar-refractivity contribution in [3.05, 3.63) is 29.3 Å². The summed E-state index contributed by atoms with van der Waals surface area (Å²) in [7, 11) is 0. The molecule has 1 heterocycles. The molecule has 1 aliphatic heterocycles. The molecular weight excluding hydrogens is 388 g/mol. The lowest BCUT2D eigenvalue weighted by atomic mass is 9.74. The van der Waals surface area contributed by atoms with Gasteiger partial charge in [-0.2, -0.15) is 0 Å². The van der Waals surface area contributed by atoms with Gasteiger partial charge in [0.1, 0.15) is 17.7 Å². The van der Waals surface area contributed by atoms with E-state index in [1.54, 1.807) is 12.1 Å². The Bertz CT molecular complexity index is 822. The maximum Gasteiger partial charge on any atom is 0.341 e. The second-order valence-corrected chi connectivity index (χ2v) is 9.08. The third-order valence-electron chi connectivity index (χ3n) is 6.67. The van der Waals surface area contributed by atoms with Crippen LogP contribution in [0.4, 0.5) is 0 Å². The zero-order valence-corrected chi connectivity index (χ0v) is 17.5. The number of fused-ring (bicyclic) bond motifs is 1. The van der Waals surface area contributed by atoms with Gasteiger partial charge in [0.05, 0.1) is 6.61 Å². The molecule has 8 N–H and O–H groups in total. The van der Waals surface area contributed by atoms with E-state index < -0.39 is 23.2 Å². The van der Waals surface area contributed by atoms with Gasteiger partial charge in [-0.1, -0.05) is 0 Å². The smallest absolute Gasteiger partial charge is 0.341 e. The molecule has 9 nitrogen and oxygen atoms in total. The fourth-order valence-electron chi connectivity index (χ4n) is 4.15. The van der Waals surface area contributed by atoms with E-state index in [4.69, 9.17) is 26.6 Å². The van der Waals surface area contributed by atoms with E-state index in [0.717, 1.165) is 24.0 Å². The molecule has 0 unspecified atom stereocenters. The molecule has 0 aromatic heterocycles. The van der Waals surface area contributed by atoms with Gasteiger partial charge < -0.3 is 26.0 Å². The van der Waals surface area contributed by atoms with Crippen molar-refractivity contribution in [3.63, 3.8) is 0 Å². The first-order valence-electron chi connectivity index (χ1n) is 10.2. The minimum atomic E-state index is -1.63. The van der Waals surface area contributed by atoms with Crippen molar-refractivity contribution in [1.29, 1.82) is 5.41 Å². The molecule has 1 saturated carbocycles. The molecule has 30 heavy (non-hydrogen) atoms. The number of aliphatic hydroxyl groups is 1. The van der Waals surface area contributed by atoms with Crippen LogP contribution in [0.2, 0.25) is 0 Å². The lowest BCUT2D eigenvalue weighted by molar-refractivity contribution is -0.179. The summed E-state index contributed by atoms with van der Waals surface area (Å²) >= 11 is 0. The number of ether oxygens (including phenoxy) is 1. The maximum atomic E-state index is 11.5. The number of amidine groups is 1. The lowest BCUT2D eigenvalue weighted by Crippen LogP contribution is -2.56. The summed E-state index contributed by atoms with van der Waals surface area (Å²) in [5, 5.41) is 30.8. The van der Waals surface area contributed by atoms with Gasteiger partial charge in [0.25, 0.3) is 0 Å². The van der Waals surface area contributed by atoms with Crippen LogP contribution in [-0.2, 0) is 16.1 Å². The van der Waals surface area contributed by atoms with Crippen LogP contribution in [0.1, 0.15) is 57.1 Å². The number of benzene rings is 1. The Morgan fingerprint density at radius 2 is 2.07 bits per heavy atom. The molecule has 1 fully saturated rings. The van der Waals surface area contributed by atoms with E-state index >= 15 is 0 Å². The molecule has 2 aliphatic rings. The molecule has 0 radical (unpaired) electrons. The van der Waals surface area contributed by atoms with Crippen LogP contribution in [-0.4, -0.2) is 51.4 Å². The first-order chi connectivity index (χ1) is 14.0. The van der Waals surface area contributed by atoms with E-state index in [1.807, 2.05) is 6.07 Å². The predicted octanol–water partition coefficient (Wildman–Crippen LogP) is 1.05. The predicted molar refractivity (Wildman–Crippen MR) is 111 cm³/mol. The molecule has 166 valence electrons. The zero-order valence-electron chi connectivity index (χ0n) is 17.5. The molecule has 0 spiro atoms. The van der Waals surface area contributed by atoms with E-state index in [0.29, 0.717) is 37.3 Å². The molecule has 1 aromatic carbocycles. The molecule has 0 bridgehead atoms. The topological polar surface area (TPSA) is 164 Å². The first kappa shape index (κ1) is 22.5. The number of rotatable bonds is 6. The molecule has 0 amide bonds. The minimum Gasteiger partial charge on any atom is -0.486 e. The Morgan fingerprint density at radius 1 is 1.40 bits per heavy atom. The van der Waals surface area contributed by atoms with Crippen molar-refractivity contribution in [1.82, 2.24) is 5.32 Å². The second kappa shape index (κ2) is 8.14. The van der Waals surface area contributed by atoms with Crippen LogP contribution in [0.15, 0.2) is 18.2 Å². The molecule has 3 rings (SSSR count). The number of hydrogen-bond donors (Lipinski definition) is 6. The normalized spacial score (nSPS) is 30.5. The monoisotopic (exact) mass is 420 g/mol. The number of aliphatic hydroxyl groups excluding tert-OH is 1. The summed E-state index contributed by atoms with van der Waals surface area (Å²) in [4.78, 5) is 16.3. The summed E-state index contributed by atoms with van der Waals surface area (Å²) in [6.45, 7) is 3.45. The Morgan fingerprint density at radius 3 is 2.63 bits per heavy atom. The SMILES string of the molecule is C[C@@](ON)(C(=O)O)[C@H]1CCc2cc(C(=N)N[C@]3(C)CC[C@](N)(CO)CC3)ccc2O1. The van der Waals surface area contributed by atoms with Crippen LogP contribution >= 0.6 is 0 Å². The van der Waals surface area contributed by atoms with E-state index in [1.165, 1.54) is 6.92 Å². The Hall–Kier alpha value is -2.20. The van der Waals surface area contributed by atoms with Crippen LogP contribution in [0, 0.1) is 5.41 Å². The highest BCUT2D eigenvalue weighted by Crippen LogP contribution is 2.35.